The van der Waals surface area contributed by atoms with E-state index in [0.717, 1.165) is 42.8 Å². The molecule has 5 heteroatoms. The first-order valence-electron chi connectivity index (χ1n) is 9.85. The molecule has 1 fully saturated rings. The number of nitrogens with zero attached hydrogens (tertiary/aromatic N) is 1. The van der Waals surface area contributed by atoms with Gasteiger partial charge < -0.3 is 14.4 Å². The van der Waals surface area contributed by atoms with Gasteiger partial charge in [0.15, 0.2) is 5.78 Å². The molecule has 1 amide bonds. The first-order chi connectivity index (χ1) is 13.6. The highest BCUT2D eigenvalue weighted by Crippen LogP contribution is 2.27. The van der Waals surface area contributed by atoms with Crippen LogP contribution in [0.3, 0.4) is 0 Å². The summed E-state index contributed by atoms with van der Waals surface area (Å²) >= 11 is 0. The van der Waals surface area contributed by atoms with Gasteiger partial charge in [0.1, 0.15) is 18.1 Å². The molecule has 1 saturated heterocycles. The van der Waals surface area contributed by atoms with Gasteiger partial charge in [-0.15, -0.1) is 0 Å². The van der Waals surface area contributed by atoms with E-state index in [1.54, 1.807) is 12.1 Å². The fourth-order valence-electron chi connectivity index (χ4n) is 3.82. The van der Waals surface area contributed by atoms with Crippen molar-refractivity contribution in [2.75, 3.05) is 26.3 Å². The lowest BCUT2D eigenvalue weighted by Gasteiger charge is -2.32. The third-order valence-electron chi connectivity index (χ3n) is 5.55. The number of likely N-dealkylation sites (tertiary alicyclic amines) is 1. The van der Waals surface area contributed by atoms with Gasteiger partial charge >= 0.3 is 0 Å². The molecule has 5 nitrogen and oxygen atoms in total. The summed E-state index contributed by atoms with van der Waals surface area (Å²) in [5, 5.41) is 0. The van der Waals surface area contributed by atoms with E-state index in [4.69, 9.17) is 9.47 Å². The van der Waals surface area contributed by atoms with Crippen molar-refractivity contribution in [3.05, 3.63) is 59.2 Å². The number of para-hydroxylation sites is 1. The van der Waals surface area contributed by atoms with Crippen molar-refractivity contribution >= 4 is 11.7 Å². The van der Waals surface area contributed by atoms with Gasteiger partial charge in [0.05, 0.1) is 6.61 Å². The number of fused-ring (bicyclic) bond motifs is 1. The molecule has 2 heterocycles. The van der Waals surface area contributed by atoms with Crippen LogP contribution in [0.5, 0.6) is 11.5 Å². The van der Waals surface area contributed by atoms with Gasteiger partial charge in [0, 0.05) is 30.6 Å². The molecule has 2 aliphatic heterocycles. The second-order valence-electron chi connectivity index (χ2n) is 7.64. The summed E-state index contributed by atoms with van der Waals surface area (Å²) in [6.07, 6.45) is 2.21. The summed E-state index contributed by atoms with van der Waals surface area (Å²) in [6, 6.07) is 13.5. The predicted octanol–water partition coefficient (Wildman–Crippen LogP) is 3.43. The molecule has 0 bridgehead atoms. The molecule has 0 aromatic heterocycles. The zero-order chi connectivity index (χ0) is 19.5. The summed E-state index contributed by atoms with van der Waals surface area (Å²) in [5.41, 5.74) is 2.58. The van der Waals surface area contributed by atoms with Gasteiger partial charge in [-0.3, -0.25) is 9.59 Å². The molecule has 0 unspecified atom stereocenters. The maximum Gasteiger partial charge on any atom is 0.253 e. The number of ether oxygens (including phenoxy) is 2. The number of hydrogen-bond acceptors (Lipinski definition) is 4. The number of piperidine rings is 1. The molecule has 28 heavy (non-hydrogen) atoms. The van der Waals surface area contributed by atoms with Crippen LogP contribution in [0.25, 0.3) is 0 Å². The lowest BCUT2D eigenvalue weighted by molar-refractivity contribution is -0.121. The second kappa shape index (κ2) is 8.05. The molecule has 0 saturated carbocycles. The third kappa shape index (κ3) is 4.03. The predicted molar refractivity (Wildman–Crippen MR) is 106 cm³/mol. The molecule has 0 radical (unpaired) electrons. The standard InChI is InChI=1S/C23H25NO4/c1-16-4-2-3-5-21(16)27-14-17-8-10-24(11-9-17)23(26)18-6-7-22-19(12-18)13-20(25)15-28-22/h2-7,12,17H,8-11,13-15H2,1H3. The Balaban J connectivity index is 1.32. The van der Waals surface area contributed by atoms with Gasteiger partial charge in [-0.05, 0) is 55.5 Å². The number of carbonyl (C=O) groups is 2. The lowest BCUT2D eigenvalue weighted by Crippen LogP contribution is -2.39. The molecule has 0 aliphatic carbocycles. The largest absolute Gasteiger partial charge is 0.493 e. The van der Waals surface area contributed by atoms with Crippen LogP contribution in [-0.4, -0.2) is 42.9 Å². The van der Waals surface area contributed by atoms with E-state index in [1.165, 1.54) is 0 Å². The number of carbonyl (C=O) groups excluding carboxylic acids is 2. The van der Waals surface area contributed by atoms with Crippen LogP contribution in [0.1, 0.15) is 34.3 Å². The summed E-state index contributed by atoms with van der Waals surface area (Å²) in [4.78, 5) is 26.4. The van der Waals surface area contributed by atoms with Crippen LogP contribution < -0.4 is 9.47 Å². The molecule has 2 aliphatic rings. The van der Waals surface area contributed by atoms with Crippen molar-refractivity contribution in [1.82, 2.24) is 4.90 Å². The number of aryl methyl sites for hydroxylation is 1. The van der Waals surface area contributed by atoms with E-state index in [2.05, 4.69) is 0 Å². The molecule has 4 rings (SSSR count). The number of rotatable bonds is 4. The zero-order valence-electron chi connectivity index (χ0n) is 16.1. The molecular formula is C23H25NO4. The Labute approximate surface area is 165 Å². The van der Waals surface area contributed by atoms with Gasteiger partial charge in [-0.25, -0.2) is 0 Å². The van der Waals surface area contributed by atoms with Crippen LogP contribution in [0.4, 0.5) is 0 Å². The van der Waals surface area contributed by atoms with E-state index in [0.29, 0.717) is 30.3 Å². The number of benzene rings is 2. The van der Waals surface area contributed by atoms with Gasteiger partial charge in [0.2, 0.25) is 0 Å². The summed E-state index contributed by atoms with van der Waals surface area (Å²) in [7, 11) is 0. The van der Waals surface area contributed by atoms with E-state index < -0.39 is 0 Å². The Morgan fingerprint density at radius 3 is 2.75 bits per heavy atom. The first-order valence-corrected chi connectivity index (χ1v) is 9.85. The molecular weight excluding hydrogens is 354 g/mol. The summed E-state index contributed by atoms with van der Waals surface area (Å²) < 4.78 is 11.4. The van der Waals surface area contributed by atoms with E-state index >= 15 is 0 Å². The molecule has 0 N–H and O–H groups in total. The van der Waals surface area contributed by atoms with Crippen molar-refractivity contribution < 1.29 is 19.1 Å². The number of amides is 1. The average Bonchev–Trinajstić information content (AvgIpc) is 2.72. The van der Waals surface area contributed by atoms with E-state index in [-0.39, 0.29) is 18.3 Å². The van der Waals surface area contributed by atoms with Gasteiger partial charge in [0.25, 0.3) is 5.91 Å². The Hall–Kier alpha value is -2.82. The number of hydrogen-bond donors (Lipinski definition) is 0. The summed E-state index contributed by atoms with van der Waals surface area (Å²) in [5.74, 6) is 2.18. The maximum absolute atomic E-state index is 12.9. The molecule has 0 spiro atoms. The van der Waals surface area contributed by atoms with E-state index in [1.807, 2.05) is 42.2 Å². The van der Waals surface area contributed by atoms with Crippen molar-refractivity contribution in [3.63, 3.8) is 0 Å². The van der Waals surface area contributed by atoms with Crippen molar-refractivity contribution in [1.29, 1.82) is 0 Å². The third-order valence-corrected chi connectivity index (χ3v) is 5.55. The highest BCUT2D eigenvalue weighted by Gasteiger charge is 2.25. The van der Waals surface area contributed by atoms with Crippen molar-refractivity contribution in [3.8, 4) is 11.5 Å². The minimum absolute atomic E-state index is 0.0269. The summed E-state index contributed by atoms with van der Waals surface area (Å²) in [6.45, 7) is 4.32. The molecule has 146 valence electrons. The monoisotopic (exact) mass is 379 g/mol. The van der Waals surface area contributed by atoms with Crippen LogP contribution >= 0.6 is 0 Å². The zero-order valence-corrected chi connectivity index (χ0v) is 16.1. The Morgan fingerprint density at radius 2 is 1.96 bits per heavy atom. The van der Waals surface area contributed by atoms with Crippen molar-refractivity contribution in [2.45, 2.75) is 26.2 Å². The highest BCUT2D eigenvalue weighted by atomic mass is 16.5. The lowest BCUT2D eigenvalue weighted by atomic mass is 9.96. The quantitative estimate of drug-likeness (QED) is 0.817. The Bertz CT molecular complexity index is 884. The van der Waals surface area contributed by atoms with Crippen LogP contribution in [0.15, 0.2) is 42.5 Å². The fourth-order valence-corrected chi connectivity index (χ4v) is 3.82. The number of Topliss-reactive ketones (excluding diaryl/α,β-unsaturated/α-hetero) is 1. The SMILES string of the molecule is Cc1ccccc1OCC1CCN(C(=O)c2ccc3c(c2)CC(=O)CO3)CC1. The second-order valence-corrected chi connectivity index (χ2v) is 7.64. The van der Waals surface area contributed by atoms with Crippen LogP contribution in [0.2, 0.25) is 0 Å². The first kappa shape index (κ1) is 18.5. The topological polar surface area (TPSA) is 55.8 Å². The van der Waals surface area contributed by atoms with E-state index in [9.17, 15) is 9.59 Å². The van der Waals surface area contributed by atoms with Gasteiger partial charge in [-0.1, -0.05) is 18.2 Å². The number of ketones is 1. The smallest absolute Gasteiger partial charge is 0.253 e. The fraction of sp³-hybridized carbons (Fsp3) is 0.391. The highest BCUT2D eigenvalue weighted by molar-refractivity contribution is 5.95. The minimum atomic E-state index is 0.0269. The Kier molecular flexibility index (Phi) is 5.33. The van der Waals surface area contributed by atoms with Crippen molar-refractivity contribution in [2.24, 2.45) is 5.92 Å². The van der Waals surface area contributed by atoms with Crippen LogP contribution in [-0.2, 0) is 11.2 Å². The minimum Gasteiger partial charge on any atom is -0.493 e. The normalized spacial score (nSPS) is 17.0. The van der Waals surface area contributed by atoms with Crippen LogP contribution in [0, 0.1) is 12.8 Å². The molecule has 2 aromatic rings. The average molecular weight is 379 g/mol. The maximum atomic E-state index is 12.9. The molecule has 2 aromatic carbocycles. The molecule has 0 atom stereocenters. The van der Waals surface area contributed by atoms with Gasteiger partial charge in [-0.2, -0.15) is 0 Å². The Morgan fingerprint density at radius 1 is 1.18 bits per heavy atom.